The van der Waals surface area contributed by atoms with Gasteiger partial charge in [-0.1, -0.05) is 19.8 Å². The van der Waals surface area contributed by atoms with Gasteiger partial charge in [-0.3, -0.25) is 4.57 Å². The molecule has 1 heterocycles. The van der Waals surface area contributed by atoms with Crippen molar-refractivity contribution in [3.63, 3.8) is 0 Å². The lowest BCUT2D eigenvalue weighted by molar-refractivity contribution is 0.0671. The second-order valence-corrected chi connectivity index (χ2v) is 4.36. The molecule has 0 atom stereocenters. The van der Waals surface area contributed by atoms with E-state index in [0.717, 1.165) is 36.9 Å². The third-order valence-corrected chi connectivity index (χ3v) is 2.75. The van der Waals surface area contributed by atoms with E-state index in [2.05, 4.69) is 27.5 Å². The Morgan fingerprint density at radius 2 is 2.10 bits per heavy atom. The molecule has 0 aromatic carbocycles. The summed E-state index contributed by atoms with van der Waals surface area (Å²) >= 11 is 0. The zero-order valence-electron chi connectivity index (χ0n) is 12.5. The molecule has 0 aliphatic carbocycles. The molecule has 0 bridgehead atoms. The fourth-order valence-electron chi connectivity index (χ4n) is 1.72. The summed E-state index contributed by atoms with van der Waals surface area (Å²) in [5, 5.41) is 6.27. The summed E-state index contributed by atoms with van der Waals surface area (Å²) in [7, 11) is 0. The van der Waals surface area contributed by atoms with Crippen LogP contribution in [0.5, 0.6) is 0 Å². The Morgan fingerprint density at radius 1 is 1.33 bits per heavy atom. The summed E-state index contributed by atoms with van der Waals surface area (Å²) in [6.45, 7) is 3.20. The van der Waals surface area contributed by atoms with Gasteiger partial charge < -0.3 is 10.6 Å². The van der Waals surface area contributed by atoms with Gasteiger partial charge >= 0.3 is 6.55 Å². The van der Waals surface area contributed by atoms with Gasteiger partial charge in [-0.25, -0.2) is 9.98 Å². The molecule has 2 N–H and O–H groups in total. The molecule has 1 rings (SSSR count). The van der Waals surface area contributed by atoms with Crippen LogP contribution in [-0.4, -0.2) is 28.6 Å². The second-order valence-electron chi connectivity index (χ2n) is 4.36. The average Bonchev–Trinajstić information content (AvgIpc) is 2.89. The maximum Gasteiger partial charge on any atom is 0.319 e. The standard InChI is InChI=1S/C13H23F2N5.HI/c1-3-5-6-7-18-13(16-4-2)19-10-11-17-8-9-20(11)12(14)15;/h8-9,12H,3-7,10H2,1-2H3,(H2,16,18,19);1H. The summed E-state index contributed by atoms with van der Waals surface area (Å²) in [4.78, 5) is 8.17. The van der Waals surface area contributed by atoms with Gasteiger partial charge in [0.25, 0.3) is 0 Å². The molecule has 122 valence electrons. The van der Waals surface area contributed by atoms with Gasteiger partial charge in [0.15, 0.2) is 5.96 Å². The Morgan fingerprint density at radius 3 is 2.71 bits per heavy atom. The van der Waals surface area contributed by atoms with Crippen LogP contribution in [0.3, 0.4) is 0 Å². The van der Waals surface area contributed by atoms with Crippen LogP contribution in [0.1, 0.15) is 45.5 Å². The molecule has 0 unspecified atom stereocenters. The molecule has 0 saturated heterocycles. The Balaban J connectivity index is 0.00000400. The largest absolute Gasteiger partial charge is 0.357 e. The van der Waals surface area contributed by atoms with Crippen molar-refractivity contribution < 1.29 is 8.78 Å². The molecule has 21 heavy (non-hydrogen) atoms. The van der Waals surface area contributed by atoms with E-state index in [-0.39, 0.29) is 36.3 Å². The summed E-state index contributed by atoms with van der Waals surface area (Å²) in [5.41, 5.74) is 0. The van der Waals surface area contributed by atoms with Gasteiger partial charge in [0, 0.05) is 25.5 Å². The third kappa shape index (κ3) is 7.58. The van der Waals surface area contributed by atoms with Gasteiger partial charge in [-0.2, -0.15) is 8.78 Å². The second kappa shape index (κ2) is 11.7. The van der Waals surface area contributed by atoms with Crippen LogP contribution >= 0.6 is 24.0 Å². The summed E-state index contributed by atoms with van der Waals surface area (Å²) in [6, 6.07) is 0. The molecule has 0 saturated carbocycles. The highest BCUT2D eigenvalue weighted by molar-refractivity contribution is 14.0. The molecular formula is C13H24F2IN5. The minimum absolute atomic E-state index is 0. The van der Waals surface area contributed by atoms with E-state index in [1.54, 1.807) is 0 Å². The zero-order chi connectivity index (χ0) is 14.8. The number of alkyl halides is 2. The quantitative estimate of drug-likeness (QED) is 0.297. The molecule has 5 nitrogen and oxygen atoms in total. The molecule has 8 heteroatoms. The maximum atomic E-state index is 12.7. The highest BCUT2D eigenvalue weighted by Crippen LogP contribution is 2.12. The Hall–Kier alpha value is -0.930. The molecule has 0 fully saturated rings. The number of aromatic nitrogens is 2. The maximum absolute atomic E-state index is 12.7. The van der Waals surface area contributed by atoms with Gasteiger partial charge in [-0.05, 0) is 13.3 Å². The van der Waals surface area contributed by atoms with Crippen molar-refractivity contribution in [2.75, 3.05) is 13.1 Å². The molecule has 0 radical (unpaired) electrons. The smallest absolute Gasteiger partial charge is 0.319 e. The van der Waals surface area contributed by atoms with Crippen molar-refractivity contribution in [3.8, 4) is 0 Å². The van der Waals surface area contributed by atoms with Crippen molar-refractivity contribution in [3.05, 3.63) is 18.2 Å². The van der Waals surface area contributed by atoms with Crippen LogP contribution in [0.25, 0.3) is 0 Å². The van der Waals surface area contributed by atoms with Crippen LogP contribution in [-0.2, 0) is 6.54 Å². The fraction of sp³-hybridized carbons (Fsp3) is 0.692. The van der Waals surface area contributed by atoms with Crippen LogP contribution in [0.4, 0.5) is 8.78 Å². The van der Waals surface area contributed by atoms with E-state index in [0.29, 0.717) is 5.96 Å². The summed E-state index contributed by atoms with van der Waals surface area (Å²) in [6.07, 6.45) is 5.99. The van der Waals surface area contributed by atoms with Gasteiger partial charge in [-0.15, -0.1) is 24.0 Å². The number of nitrogens with zero attached hydrogens (tertiary/aromatic N) is 3. The van der Waals surface area contributed by atoms with Crippen molar-refractivity contribution in [1.82, 2.24) is 20.2 Å². The molecule has 0 spiro atoms. The van der Waals surface area contributed by atoms with E-state index in [4.69, 9.17) is 0 Å². The molecule has 1 aromatic rings. The first-order valence-corrected chi connectivity index (χ1v) is 7.01. The Labute approximate surface area is 141 Å². The number of rotatable bonds is 8. The monoisotopic (exact) mass is 415 g/mol. The SMILES string of the molecule is CCCCCNC(=NCc1nccn1C(F)F)NCC.I. The Bertz CT molecular complexity index is 409. The molecular weight excluding hydrogens is 391 g/mol. The minimum atomic E-state index is -2.58. The van der Waals surface area contributed by atoms with Crippen LogP contribution < -0.4 is 10.6 Å². The summed E-state index contributed by atoms with van der Waals surface area (Å²) in [5.74, 6) is 0.887. The number of halogens is 3. The van der Waals surface area contributed by atoms with Gasteiger partial charge in [0.05, 0.1) is 0 Å². The summed E-state index contributed by atoms with van der Waals surface area (Å²) < 4.78 is 26.2. The van der Waals surface area contributed by atoms with Crippen molar-refractivity contribution in [2.24, 2.45) is 4.99 Å². The van der Waals surface area contributed by atoms with Crippen LogP contribution in [0, 0.1) is 0 Å². The Kier molecular flexibility index (Phi) is 11.2. The first-order valence-electron chi connectivity index (χ1n) is 7.01. The van der Waals surface area contributed by atoms with E-state index >= 15 is 0 Å². The minimum Gasteiger partial charge on any atom is -0.357 e. The first kappa shape index (κ1) is 20.1. The lowest BCUT2D eigenvalue weighted by atomic mass is 10.2. The zero-order valence-corrected chi connectivity index (χ0v) is 14.8. The van der Waals surface area contributed by atoms with Crippen molar-refractivity contribution in [1.29, 1.82) is 0 Å². The number of guanidine groups is 1. The predicted octanol–water partition coefficient (Wildman–Crippen LogP) is 3.14. The molecule has 0 aliphatic rings. The average molecular weight is 415 g/mol. The third-order valence-electron chi connectivity index (χ3n) is 2.75. The number of hydrogen-bond acceptors (Lipinski definition) is 2. The highest BCUT2D eigenvalue weighted by atomic mass is 127. The van der Waals surface area contributed by atoms with E-state index in [1.165, 1.54) is 12.4 Å². The topological polar surface area (TPSA) is 54.2 Å². The molecule has 0 amide bonds. The predicted molar refractivity (Wildman–Crippen MR) is 91.2 cm³/mol. The van der Waals surface area contributed by atoms with Crippen molar-refractivity contribution in [2.45, 2.75) is 46.2 Å². The fourth-order valence-corrected chi connectivity index (χ4v) is 1.72. The van der Waals surface area contributed by atoms with E-state index in [1.807, 2.05) is 6.92 Å². The number of aliphatic imine (C=N–C) groups is 1. The van der Waals surface area contributed by atoms with Gasteiger partial charge in [0.2, 0.25) is 0 Å². The molecule has 1 aromatic heterocycles. The lowest BCUT2D eigenvalue weighted by Crippen LogP contribution is -2.37. The highest BCUT2D eigenvalue weighted by Gasteiger charge is 2.10. The van der Waals surface area contributed by atoms with Crippen LogP contribution in [0.15, 0.2) is 17.4 Å². The lowest BCUT2D eigenvalue weighted by Gasteiger charge is -2.11. The first-order chi connectivity index (χ1) is 9.69. The number of unbranched alkanes of at least 4 members (excludes halogenated alkanes) is 2. The number of imidazole rings is 1. The van der Waals surface area contributed by atoms with Crippen LogP contribution in [0.2, 0.25) is 0 Å². The van der Waals surface area contributed by atoms with Gasteiger partial charge in [0.1, 0.15) is 12.4 Å². The number of hydrogen-bond donors (Lipinski definition) is 2. The van der Waals surface area contributed by atoms with Crippen molar-refractivity contribution >= 4 is 29.9 Å². The normalized spacial score (nSPS) is 11.4. The van der Waals surface area contributed by atoms with E-state index < -0.39 is 6.55 Å². The molecule has 0 aliphatic heterocycles. The van der Waals surface area contributed by atoms with E-state index in [9.17, 15) is 8.78 Å². The number of nitrogens with one attached hydrogen (secondary N) is 2.